The van der Waals surface area contributed by atoms with Crippen LogP contribution in [0.4, 0.5) is 18.9 Å². The first-order valence-electron chi connectivity index (χ1n) is 7.62. The molecule has 1 N–H and O–H groups in total. The second-order valence-corrected chi connectivity index (χ2v) is 6.02. The molecule has 0 fully saturated rings. The molecule has 0 aliphatic heterocycles. The lowest BCUT2D eigenvalue weighted by Crippen LogP contribution is -2.36. The molecule has 2 aromatic rings. The van der Waals surface area contributed by atoms with Crippen LogP contribution in [0.25, 0.3) is 0 Å². The Morgan fingerprint density at radius 3 is 2.35 bits per heavy atom. The number of para-hydroxylation sites is 1. The third-order valence-corrected chi connectivity index (χ3v) is 3.98. The third kappa shape index (κ3) is 5.23. The van der Waals surface area contributed by atoms with Crippen LogP contribution in [-0.2, 0) is 22.2 Å². The summed E-state index contributed by atoms with van der Waals surface area (Å²) >= 11 is 5.99. The number of nitrogens with zero attached hydrogens (tertiary/aromatic N) is 1. The number of hydrogen-bond donors (Lipinski definition) is 1. The Hall–Kier alpha value is -2.54. The van der Waals surface area contributed by atoms with Gasteiger partial charge in [0.2, 0.25) is 11.8 Å². The van der Waals surface area contributed by atoms with Gasteiger partial charge >= 0.3 is 6.18 Å². The Morgan fingerprint density at radius 1 is 1.08 bits per heavy atom. The van der Waals surface area contributed by atoms with E-state index >= 15 is 0 Å². The van der Waals surface area contributed by atoms with E-state index in [2.05, 4.69) is 5.32 Å². The minimum Gasteiger partial charge on any atom is -0.336 e. The van der Waals surface area contributed by atoms with E-state index in [1.807, 2.05) is 0 Å². The van der Waals surface area contributed by atoms with Crippen LogP contribution in [0.15, 0.2) is 48.5 Å². The molecular formula is C18H16ClF3N2O2. The van der Waals surface area contributed by atoms with Crippen LogP contribution in [-0.4, -0.2) is 30.3 Å². The Kier molecular flexibility index (Phi) is 6.26. The maximum absolute atomic E-state index is 12.9. The van der Waals surface area contributed by atoms with Gasteiger partial charge in [0.25, 0.3) is 0 Å². The van der Waals surface area contributed by atoms with Gasteiger partial charge in [0.1, 0.15) is 0 Å². The summed E-state index contributed by atoms with van der Waals surface area (Å²) < 4.78 is 38.8. The van der Waals surface area contributed by atoms with Crippen molar-refractivity contribution in [3.8, 4) is 0 Å². The van der Waals surface area contributed by atoms with E-state index in [-0.39, 0.29) is 24.6 Å². The van der Waals surface area contributed by atoms with Crippen molar-refractivity contribution in [1.29, 1.82) is 0 Å². The maximum Gasteiger partial charge on any atom is 0.418 e. The number of anilines is 1. The highest BCUT2D eigenvalue weighted by atomic mass is 35.5. The van der Waals surface area contributed by atoms with Crippen LogP contribution in [0.3, 0.4) is 0 Å². The summed E-state index contributed by atoms with van der Waals surface area (Å²) in [5.74, 6) is -1.10. The van der Waals surface area contributed by atoms with Crippen LogP contribution >= 0.6 is 11.6 Å². The molecule has 0 unspecified atom stereocenters. The summed E-state index contributed by atoms with van der Waals surface area (Å²) in [6.07, 6.45) is -4.60. The number of carbonyl (C=O) groups is 2. The minimum absolute atomic E-state index is 0.0113. The van der Waals surface area contributed by atoms with Crippen LogP contribution in [0.5, 0.6) is 0 Å². The van der Waals surface area contributed by atoms with Gasteiger partial charge in [-0.15, -0.1) is 0 Å². The lowest BCUT2D eigenvalue weighted by atomic mass is 10.1. The smallest absolute Gasteiger partial charge is 0.336 e. The highest BCUT2D eigenvalue weighted by Crippen LogP contribution is 2.34. The standard InChI is InChI=1S/C18H16ClF3N2O2/c1-24(17(26)10-12-6-2-4-8-14(12)19)11-16(25)23-15-9-5-3-7-13(15)18(20,21)22/h2-9H,10-11H2,1H3,(H,23,25). The van der Waals surface area contributed by atoms with Gasteiger partial charge in [-0.2, -0.15) is 13.2 Å². The Bertz CT molecular complexity index is 809. The first-order valence-corrected chi connectivity index (χ1v) is 7.99. The number of likely N-dealkylation sites (N-methyl/N-ethyl adjacent to an activating group) is 1. The number of nitrogens with one attached hydrogen (secondary N) is 1. The number of carbonyl (C=O) groups excluding carboxylic acids is 2. The van der Waals surface area contributed by atoms with Crippen molar-refractivity contribution in [1.82, 2.24) is 4.90 Å². The van der Waals surface area contributed by atoms with Gasteiger partial charge in [-0.1, -0.05) is 41.9 Å². The average Bonchev–Trinajstić information content (AvgIpc) is 2.56. The van der Waals surface area contributed by atoms with Crippen molar-refractivity contribution < 1.29 is 22.8 Å². The molecule has 0 saturated heterocycles. The van der Waals surface area contributed by atoms with E-state index in [0.29, 0.717) is 10.6 Å². The molecule has 2 amide bonds. The topological polar surface area (TPSA) is 49.4 Å². The molecule has 0 aromatic heterocycles. The molecule has 26 heavy (non-hydrogen) atoms. The summed E-state index contributed by atoms with van der Waals surface area (Å²) in [5.41, 5.74) is -0.691. The van der Waals surface area contributed by atoms with Crippen molar-refractivity contribution in [2.45, 2.75) is 12.6 Å². The minimum atomic E-state index is -4.59. The van der Waals surface area contributed by atoms with Crippen molar-refractivity contribution in [2.24, 2.45) is 0 Å². The van der Waals surface area contributed by atoms with Crippen LogP contribution in [0.1, 0.15) is 11.1 Å². The third-order valence-electron chi connectivity index (χ3n) is 3.61. The first kappa shape index (κ1) is 19.8. The summed E-state index contributed by atoms with van der Waals surface area (Å²) in [7, 11) is 1.40. The SMILES string of the molecule is CN(CC(=O)Nc1ccccc1C(F)(F)F)C(=O)Cc1ccccc1Cl. The average molecular weight is 385 g/mol. The molecule has 0 bridgehead atoms. The zero-order valence-corrected chi connectivity index (χ0v) is 14.6. The number of rotatable bonds is 5. The molecule has 4 nitrogen and oxygen atoms in total. The van der Waals surface area contributed by atoms with Crippen molar-refractivity contribution in [3.63, 3.8) is 0 Å². The fourth-order valence-electron chi connectivity index (χ4n) is 2.27. The van der Waals surface area contributed by atoms with Crippen molar-refractivity contribution >= 4 is 29.1 Å². The molecule has 8 heteroatoms. The van der Waals surface area contributed by atoms with Crippen molar-refractivity contribution in [3.05, 3.63) is 64.7 Å². The summed E-state index contributed by atoms with van der Waals surface area (Å²) in [6, 6.07) is 11.4. The highest BCUT2D eigenvalue weighted by molar-refractivity contribution is 6.31. The largest absolute Gasteiger partial charge is 0.418 e. The van der Waals surface area contributed by atoms with Gasteiger partial charge in [-0.25, -0.2) is 0 Å². The number of benzene rings is 2. The molecular weight excluding hydrogens is 369 g/mol. The van der Waals surface area contributed by atoms with E-state index in [4.69, 9.17) is 11.6 Å². The lowest BCUT2D eigenvalue weighted by Gasteiger charge is -2.18. The Labute approximate surface area is 153 Å². The predicted octanol–water partition coefficient (Wildman–Crippen LogP) is 4.00. The lowest BCUT2D eigenvalue weighted by molar-refractivity contribution is -0.137. The Balaban J connectivity index is 2.00. The molecule has 0 saturated carbocycles. The van der Waals surface area contributed by atoms with E-state index in [1.54, 1.807) is 24.3 Å². The Morgan fingerprint density at radius 2 is 1.69 bits per heavy atom. The number of halogens is 4. The summed E-state index contributed by atoms with van der Waals surface area (Å²) in [5, 5.41) is 2.63. The van der Waals surface area contributed by atoms with E-state index in [9.17, 15) is 22.8 Å². The zero-order chi connectivity index (χ0) is 19.3. The summed E-state index contributed by atoms with van der Waals surface area (Å²) in [4.78, 5) is 25.3. The first-order chi connectivity index (χ1) is 12.2. The van der Waals surface area contributed by atoms with Crippen LogP contribution in [0, 0.1) is 0 Å². The quantitative estimate of drug-likeness (QED) is 0.847. The molecule has 138 valence electrons. The van der Waals surface area contributed by atoms with E-state index < -0.39 is 17.6 Å². The molecule has 0 atom stereocenters. The molecule has 2 rings (SSSR count). The van der Waals surface area contributed by atoms with Crippen LogP contribution < -0.4 is 5.32 Å². The second kappa shape index (κ2) is 8.23. The monoisotopic (exact) mass is 384 g/mol. The van der Waals surface area contributed by atoms with Crippen LogP contribution in [0.2, 0.25) is 5.02 Å². The molecule has 0 heterocycles. The number of hydrogen-bond acceptors (Lipinski definition) is 2. The predicted molar refractivity (Wildman–Crippen MR) is 92.9 cm³/mol. The van der Waals surface area contributed by atoms with Crippen molar-refractivity contribution in [2.75, 3.05) is 18.9 Å². The fraction of sp³-hybridized carbons (Fsp3) is 0.222. The highest BCUT2D eigenvalue weighted by Gasteiger charge is 2.33. The normalized spacial score (nSPS) is 11.1. The molecule has 0 aliphatic rings. The fourth-order valence-corrected chi connectivity index (χ4v) is 2.47. The second-order valence-electron chi connectivity index (χ2n) is 5.61. The number of amides is 2. The van der Waals surface area contributed by atoms with Gasteiger partial charge in [-0.05, 0) is 23.8 Å². The van der Waals surface area contributed by atoms with Gasteiger partial charge in [0.05, 0.1) is 24.2 Å². The maximum atomic E-state index is 12.9. The van der Waals surface area contributed by atoms with Gasteiger partial charge in [-0.3, -0.25) is 9.59 Å². The van der Waals surface area contributed by atoms with Gasteiger partial charge < -0.3 is 10.2 Å². The summed E-state index contributed by atoms with van der Waals surface area (Å²) in [6.45, 7) is -0.379. The van der Waals surface area contributed by atoms with Gasteiger partial charge in [0, 0.05) is 12.1 Å². The van der Waals surface area contributed by atoms with Gasteiger partial charge in [0.15, 0.2) is 0 Å². The van der Waals surface area contributed by atoms with E-state index in [0.717, 1.165) is 17.0 Å². The zero-order valence-electron chi connectivity index (χ0n) is 13.8. The van der Waals surface area contributed by atoms with E-state index in [1.165, 1.54) is 19.2 Å². The molecule has 2 aromatic carbocycles. The molecule has 0 aliphatic carbocycles. The number of alkyl halides is 3. The molecule has 0 spiro atoms. The molecule has 0 radical (unpaired) electrons.